The molecule has 1 N–H and O–H groups in total. The maximum absolute atomic E-state index is 12.9. The van der Waals surface area contributed by atoms with E-state index in [-0.39, 0.29) is 10.3 Å². The standard InChI is InChI=1S/C21H27NO5S/c1-25-17-8-6-16(7-9-17)21(12-4-5-13-21)15-22-28(23,24)18-10-11-19(26-2)20(14-18)27-3/h6-11,14,22H,4-5,12-13,15H2,1-3H3. The maximum Gasteiger partial charge on any atom is 0.240 e. The van der Waals surface area contributed by atoms with Crippen LogP contribution < -0.4 is 18.9 Å². The van der Waals surface area contributed by atoms with Crippen LogP contribution in [0.25, 0.3) is 0 Å². The molecule has 0 bridgehead atoms. The quantitative estimate of drug-likeness (QED) is 0.728. The van der Waals surface area contributed by atoms with Gasteiger partial charge in [-0.05, 0) is 42.7 Å². The van der Waals surface area contributed by atoms with Crippen LogP contribution >= 0.6 is 0 Å². The molecule has 0 saturated heterocycles. The first-order valence-electron chi connectivity index (χ1n) is 9.30. The third-order valence-electron chi connectivity index (χ3n) is 5.53. The molecule has 0 atom stereocenters. The molecule has 0 heterocycles. The molecule has 0 spiro atoms. The fourth-order valence-corrected chi connectivity index (χ4v) is 5.01. The molecule has 1 fully saturated rings. The van der Waals surface area contributed by atoms with Crippen molar-refractivity contribution in [1.29, 1.82) is 0 Å². The third kappa shape index (κ3) is 4.10. The number of hydrogen-bond donors (Lipinski definition) is 1. The normalized spacial score (nSPS) is 16.0. The summed E-state index contributed by atoms with van der Waals surface area (Å²) in [6, 6.07) is 12.5. The Labute approximate surface area is 166 Å². The van der Waals surface area contributed by atoms with Gasteiger partial charge in [0.1, 0.15) is 5.75 Å². The number of rotatable bonds is 8. The van der Waals surface area contributed by atoms with Crippen molar-refractivity contribution < 1.29 is 22.6 Å². The summed E-state index contributed by atoms with van der Waals surface area (Å²) in [6.45, 7) is 0.357. The van der Waals surface area contributed by atoms with E-state index in [0.717, 1.165) is 37.0 Å². The number of hydrogen-bond acceptors (Lipinski definition) is 5. The largest absolute Gasteiger partial charge is 0.497 e. The molecule has 1 aliphatic rings. The highest BCUT2D eigenvalue weighted by atomic mass is 32.2. The highest BCUT2D eigenvalue weighted by Crippen LogP contribution is 2.41. The molecule has 152 valence electrons. The zero-order valence-electron chi connectivity index (χ0n) is 16.5. The van der Waals surface area contributed by atoms with Gasteiger partial charge in [0.15, 0.2) is 11.5 Å². The van der Waals surface area contributed by atoms with E-state index < -0.39 is 10.0 Å². The Balaban J connectivity index is 1.83. The lowest BCUT2D eigenvalue weighted by molar-refractivity contribution is 0.354. The molecule has 0 aliphatic heterocycles. The molecule has 1 saturated carbocycles. The smallest absolute Gasteiger partial charge is 0.240 e. The highest BCUT2D eigenvalue weighted by molar-refractivity contribution is 7.89. The fraction of sp³-hybridized carbons (Fsp3) is 0.429. The van der Waals surface area contributed by atoms with Gasteiger partial charge in [-0.1, -0.05) is 25.0 Å². The molecular weight excluding hydrogens is 378 g/mol. The number of ether oxygens (including phenoxy) is 3. The van der Waals surface area contributed by atoms with Gasteiger partial charge in [-0.3, -0.25) is 0 Å². The summed E-state index contributed by atoms with van der Waals surface area (Å²) in [5.74, 6) is 1.67. The second kappa shape index (κ2) is 8.41. The van der Waals surface area contributed by atoms with E-state index in [1.807, 2.05) is 24.3 Å². The van der Waals surface area contributed by atoms with Crippen molar-refractivity contribution in [3.05, 3.63) is 48.0 Å². The minimum atomic E-state index is -3.67. The van der Waals surface area contributed by atoms with E-state index in [2.05, 4.69) is 4.72 Å². The van der Waals surface area contributed by atoms with Gasteiger partial charge in [-0.2, -0.15) is 0 Å². The molecule has 6 nitrogen and oxygen atoms in total. The molecule has 28 heavy (non-hydrogen) atoms. The summed E-state index contributed by atoms with van der Waals surface area (Å²) in [5, 5.41) is 0. The molecule has 0 aromatic heterocycles. The molecule has 0 unspecified atom stereocenters. The van der Waals surface area contributed by atoms with Crippen molar-refractivity contribution in [2.45, 2.75) is 36.0 Å². The first-order chi connectivity index (χ1) is 13.4. The zero-order valence-corrected chi connectivity index (χ0v) is 17.3. The Hall–Kier alpha value is -2.25. The van der Waals surface area contributed by atoms with Gasteiger partial charge in [-0.15, -0.1) is 0 Å². The molecule has 3 rings (SSSR count). The van der Waals surface area contributed by atoms with Crippen molar-refractivity contribution in [1.82, 2.24) is 4.72 Å². The van der Waals surface area contributed by atoms with Crippen molar-refractivity contribution in [3.63, 3.8) is 0 Å². The first-order valence-corrected chi connectivity index (χ1v) is 10.8. The minimum Gasteiger partial charge on any atom is -0.497 e. The van der Waals surface area contributed by atoms with Gasteiger partial charge in [0.05, 0.1) is 26.2 Å². The summed E-state index contributed by atoms with van der Waals surface area (Å²) in [6.07, 6.45) is 4.08. The van der Waals surface area contributed by atoms with Gasteiger partial charge >= 0.3 is 0 Å². The van der Waals surface area contributed by atoms with Crippen LogP contribution in [0.15, 0.2) is 47.4 Å². The van der Waals surface area contributed by atoms with Crippen LogP contribution in [-0.4, -0.2) is 36.3 Å². The molecule has 2 aromatic rings. The average molecular weight is 406 g/mol. The van der Waals surface area contributed by atoms with E-state index in [0.29, 0.717) is 18.0 Å². The van der Waals surface area contributed by atoms with E-state index in [1.165, 1.54) is 26.4 Å². The van der Waals surface area contributed by atoms with Crippen LogP contribution in [0.5, 0.6) is 17.2 Å². The lowest BCUT2D eigenvalue weighted by atomic mass is 9.79. The van der Waals surface area contributed by atoms with Gasteiger partial charge < -0.3 is 14.2 Å². The average Bonchev–Trinajstić information content (AvgIpc) is 3.22. The number of sulfonamides is 1. The monoisotopic (exact) mass is 405 g/mol. The fourth-order valence-electron chi connectivity index (χ4n) is 3.86. The van der Waals surface area contributed by atoms with Crippen LogP contribution in [0.4, 0.5) is 0 Å². The van der Waals surface area contributed by atoms with E-state index in [9.17, 15) is 8.42 Å². The van der Waals surface area contributed by atoms with Gasteiger partial charge in [0, 0.05) is 18.0 Å². The van der Waals surface area contributed by atoms with Crippen LogP contribution in [0, 0.1) is 0 Å². The topological polar surface area (TPSA) is 73.9 Å². The zero-order chi connectivity index (χ0) is 20.2. The summed E-state index contributed by atoms with van der Waals surface area (Å²) >= 11 is 0. The van der Waals surface area contributed by atoms with E-state index in [4.69, 9.17) is 14.2 Å². The molecule has 7 heteroatoms. The SMILES string of the molecule is COc1ccc(C2(CNS(=O)(=O)c3ccc(OC)c(OC)c3)CCCC2)cc1. The third-order valence-corrected chi connectivity index (χ3v) is 6.93. The van der Waals surface area contributed by atoms with Crippen molar-refractivity contribution in [2.24, 2.45) is 0 Å². The van der Waals surface area contributed by atoms with E-state index >= 15 is 0 Å². The van der Waals surface area contributed by atoms with Crippen molar-refractivity contribution in [3.8, 4) is 17.2 Å². The first kappa shape index (κ1) is 20.5. The molecule has 1 aliphatic carbocycles. The van der Waals surface area contributed by atoms with Crippen molar-refractivity contribution >= 4 is 10.0 Å². The van der Waals surface area contributed by atoms with Crippen LogP contribution in [0.2, 0.25) is 0 Å². The molecule has 0 radical (unpaired) electrons. The van der Waals surface area contributed by atoms with Crippen LogP contribution in [0.3, 0.4) is 0 Å². The van der Waals surface area contributed by atoms with E-state index in [1.54, 1.807) is 13.2 Å². The number of nitrogens with one attached hydrogen (secondary N) is 1. The number of benzene rings is 2. The second-order valence-electron chi connectivity index (χ2n) is 7.06. The Morgan fingerprint density at radius 3 is 2.11 bits per heavy atom. The predicted octanol–water partition coefficient (Wildman–Crippen LogP) is 3.50. The Bertz CT molecular complexity index is 903. The predicted molar refractivity (Wildman–Crippen MR) is 108 cm³/mol. The Kier molecular flexibility index (Phi) is 6.15. The minimum absolute atomic E-state index is 0.160. The molecule has 2 aromatic carbocycles. The Morgan fingerprint density at radius 1 is 0.893 bits per heavy atom. The van der Waals surface area contributed by atoms with Crippen LogP contribution in [0.1, 0.15) is 31.2 Å². The summed E-state index contributed by atoms with van der Waals surface area (Å²) in [7, 11) is 0.964. The highest BCUT2D eigenvalue weighted by Gasteiger charge is 2.36. The summed E-state index contributed by atoms with van der Waals surface area (Å²) in [5.41, 5.74) is 0.941. The number of methoxy groups -OCH3 is 3. The van der Waals surface area contributed by atoms with Gasteiger partial charge in [0.2, 0.25) is 10.0 Å². The van der Waals surface area contributed by atoms with Crippen LogP contribution in [-0.2, 0) is 15.4 Å². The van der Waals surface area contributed by atoms with Gasteiger partial charge in [0.25, 0.3) is 0 Å². The lowest BCUT2D eigenvalue weighted by Crippen LogP contribution is -2.39. The Morgan fingerprint density at radius 2 is 1.54 bits per heavy atom. The summed E-state index contributed by atoms with van der Waals surface area (Å²) in [4.78, 5) is 0.160. The molecular formula is C21H27NO5S. The lowest BCUT2D eigenvalue weighted by Gasteiger charge is -2.30. The molecule has 0 amide bonds. The summed E-state index contributed by atoms with van der Waals surface area (Å²) < 4.78 is 44.3. The van der Waals surface area contributed by atoms with Crippen molar-refractivity contribution in [2.75, 3.05) is 27.9 Å². The van der Waals surface area contributed by atoms with Gasteiger partial charge in [-0.25, -0.2) is 13.1 Å². The maximum atomic E-state index is 12.9. The second-order valence-corrected chi connectivity index (χ2v) is 8.82.